The molecule has 1 aromatic carbocycles. The summed E-state index contributed by atoms with van der Waals surface area (Å²) in [5.41, 5.74) is 0. The van der Waals surface area contributed by atoms with Crippen molar-refractivity contribution < 1.29 is 14.3 Å². The van der Waals surface area contributed by atoms with E-state index in [4.69, 9.17) is 9.47 Å². The van der Waals surface area contributed by atoms with Crippen LogP contribution in [0.15, 0.2) is 24.3 Å². The minimum absolute atomic E-state index is 0. The first kappa shape index (κ1) is 16.6. The van der Waals surface area contributed by atoms with Crippen LogP contribution in [0, 0.1) is 0 Å². The van der Waals surface area contributed by atoms with Crippen molar-refractivity contribution in [1.29, 1.82) is 0 Å². The first-order valence-corrected chi connectivity index (χ1v) is 6.64. The lowest BCUT2D eigenvalue weighted by molar-refractivity contribution is -0.123. The van der Waals surface area contributed by atoms with E-state index in [1.807, 2.05) is 25.1 Å². The fourth-order valence-corrected chi connectivity index (χ4v) is 2.03. The van der Waals surface area contributed by atoms with Gasteiger partial charge in [-0.2, -0.15) is 0 Å². The van der Waals surface area contributed by atoms with Crippen molar-refractivity contribution in [2.24, 2.45) is 0 Å². The summed E-state index contributed by atoms with van der Waals surface area (Å²) in [6.07, 6.45) is 0.973. The molecule has 0 saturated carbocycles. The van der Waals surface area contributed by atoms with Crippen molar-refractivity contribution >= 4 is 18.3 Å². The van der Waals surface area contributed by atoms with Crippen molar-refractivity contribution in [3.8, 4) is 11.5 Å². The smallest absolute Gasteiger partial charge is 0.258 e. The van der Waals surface area contributed by atoms with Crippen LogP contribution in [0.1, 0.15) is 13.3 Å². The second kappa shape index (κ2) is 8.66. The highest BCUT2D eigenvalue weighted by molar-refractivity contribution is 5.85. The summed E-state index contributed by atoms with van der Waals surface area (Å²) in [4.78, 5) is 11.7. The van der Waals surface area contributed by atoms with Gasteiger partial charge in [0.25, 0.3) is 5.91 Å². The van der Waals surface area contributed by atoms with Gasteiger partial charge < -0.3 is 20.1 Å². The summed E-state index contributed by atoms with van der Waals surface area (Å²) >= 11 is 0. The van der Waals surface area contributed by atoms with E-state index in [1.165, 1.54) is 0 Å². The number of carbonyl (C=O) groups is 1. The second-order valence-electron chi connectivity index (χ2n) is 4.43. The van der Waals surface area contributed by atoms with E-state index in [2.05, 4.69) is 10.6 Å². The predicted molar refractivity (Wildman–Crippen MR) is 79.8 cm³/mol. The maximum atomic E-state index is 11.7. The molecule has 1 aliphatic rings. The molecule has 1 saturated heterocycles. The molecule has 2 rings (SSSR count). The number of carbonyl (C=O) groups excluding carboxylic acids is 1. The minimum Gasteiger partial charge on any atom is -0.490 e. The molecule has 1 aromatic rings. The van der Waals surface area contributed by atoms with Crippen molar-refractivity contribution in [1.82, 2.24) is 10.6 Å². The fraction of sp³-hybridized carbons (Fsp3) is 0.500. The number of nitrogens with one attached hydrogen (secondary N) is 2. The molecular formula is C14H21ClN2O3. The zero-order valence-electron chi connectivity index (χ0n) is 11.6. The maximum Gasteiger partial charge on any atom is 0.258 e. The summed E-state index contributed by atoms with van der Waals surface area (Å²) in [7, 11) is 0. The number of benzene rings is 1. The lowest BCUT2D eigenvalue weighted by Crippen LogP contribution is -2.39. The highest BCUT2D eigenvalue weighted by Gasteiger charge is 2.17. The molecule has 0 aliphatic carbocycles. The van der Waals surface area contributed by atoms with E-state index in [0.29, 0.717) is 18.1 Å². The normalized spacial score (nSPS) is 17.1. The summed E-state index contributed by atoms with van der Waals surface area (Å²) in [6.45, 7) is 4.29. The van der Waals surface area contributed by atoms with Gasteiger partial charge in [0.05, 0.1) is 6.61 Å². The number of rotatable bonds is 6. The Hall–Kier alpha value is -1.46. The molecule has 1 amide bonds. The van der Waals surface area contributed by atoms with Crippen molar-refractivity contribution in [3.05, 3.63) is 24.3 Å². The Balaban J connectivity index is 0.00000200. The van der Waals surface area contributed by atoms with Crippen LogP contribution in [-0.2, 0) is 4.79 Å². The van der Waals surface area contributed by atoms with Gasteiger partial charge >= 0.3 is 0 Å². The van der Waals surface area contributed by atoms with E-state index in [9.17, 15) is 4.79 Å². The third-order valence-corrected chi connectivity index (χ3v) is 2.93. The van der Waals surface area contributed by atoms with Gasteiger partial charge in [0, 0.05) is 12.6 Å². The van der Waals surface area contributed by atoms with Crippen LogP contribution in [0.4, 0.5) is 0 Å². The van der Waals surface area contributed by atoms with E-state index in [1.54, 1.807) is 6.07 Å². The van der Waals surface area contributed by atoms with Gasteiger partial charge in [0.1, 0.15) is 0 Å². The van der Waals surface area contributed by atoms with Gasteiger partial charge in [-0.25, -0.2) is 0 Å². The Morgan fingerprint density at radius 2 is 2.05 bits per heavy atom. The molecule has 0 aromatic heterocycles. The molecule has 0 radical (unpaired) electrons. The third kappa shape index (κ3) is 4.90. The highest BCUT2D eigenvalue weighted by Crippen LogP contribution is 2.26. The lowest BCUT2D eigenvalue weighted by Gasteiger charge is -2.13. The number of amides is 1. The molecule has 6 heteroatoms. The Kier molecular flexibility index (Phi) is 7.18. The van der Waals surface area contributed by atoms with E-state index >= 15 is 0 Å². The quantitative estimate of drug-likeness (QED) is 0.833. The second-order valence-corrected chi connectivity index (χ2v) is 4.43. The highest BCUT2D eigenvalue weighted by atomic mass is 35.5. The van der Waals surface area contributed by atoms with Crippen LogP contribution in [-0.4, -0.2) is 38.3 Å². The predicted octanol–water partition coefficient (Wildman–Crippen LogP) is 1.36. The number of hydrogen-bond acceptors (Lipinski definition) is 4. The summed E-state index contributed by atoms with van der Waals surface area (Å²) in [6, 6.07) is 7.59. The fourth-order valence-electron chi connectivity index (χ4n) is 2.03. The lowest BCUT2D eigenvalue weighted by atomic mass is 10.2. The maximum absolute atomic E-state index is 11.7. The van der Waals surface area contributed by atoms with Crippen LogP contribution in [0.3, 0.4) is 0 Å². The number of ether oxygens (including phenoxy) is 2. The molecule has 1 fully saturated rings. The van der Waals surface area contributed by atoms with E-state index < -0.39 is 0 Å². The average molecular weight is 301 g/mol. The molecule has 20 heavy (non-hydrogen) atoms. The largest absolute Gasteiger partial charge is 0.490 e. The molecule has 0 bridgehead atoms. The van der Waals surface area contributed by atoms with Crippen molar-refractivity contribution in [2.75, 3.05) is 26.3 Å². The molecule has 5 nitrogen and oxygen atoms in total. The van der Waals surface area contributed by atoms with E-state index in [-0.39, 0.29) is 31.0 Å². The molecule has 2 N–H and O–H groups in total. The summed E-state index contributed by atoms with van der Waals surface area (Å²) in [5, 5.41) is 6.14. The van der Waals surface area contributed by atoms with Crippen LogP contribution in [0.25, 0.3) is 0 Å². The Labute approximate surface area is 125 Å². The van der Waals surface area contributed by atoms with Crippen LogP contribution < -0.4 is 20.1 Å². The number of halogens is 1. The molecular weight excluding hydrogens is 280 g/mol. The molecule has 1 aliphatic heterocycles. The third-order valence-electron chi connectivity index (χ3n) is 2.93. The summed E-state index contributed by atoms with van der Waals surface area (Å²) in [5.74, 6) is 1.17. The van der Waals surface area contributed by atoms with Gasteiger partial charge in [-0.3, -0.25) is 4.79 Å². The monoisotopic (exact) mass is 300 g/mol. The molecule has 1 unspecified atom stereocenters. The Bertz CT molecular complexity index is 423. The van der Waals surface area contributed by atoms with Crippen molar-refractivity contribution in [2.45, 2.75) is 19.4 Å². The van der Waals surface area contributed by atoms with Crippen LogP contribution in [0.2, 0.25) is 0 Å². The van der Waals surface area contributed by atoms with Crippen LogP contribution >= 0.6 is 12.4 Å². The van der Waals surface area contributed by atoms with Gasteiger partial charge in [0.15, 0.2) is 18.1 Å². The minimum atomic E-state index is -0.0972. The number of para-hydroxylation sites is 2. The zero-order chi connectivity index (χ0) is 13.5. The average Bonchev–Trinajstić information content (AvgIpc) is 2.91. The topological polar surface area (TPSA) is 59.6 Å². The van der Waals surface area contributed by atoms with Gasteiger partial charge in [-0.1, -0.05) is 12.1 Å². The molecule has 1 heterocycles. The summed E-state index contributed by atoms with van der Waals surface area (Å²) < 4.78 is 10.9. The molecule has 1 atom stereocenters. The van der Waals surface area contributed by atoms with Crippen molar-refractivity contribution in [3.63, 3.8) is 0 Å². The van der Waals surface area contributed by atoms with Gasteiger partial charge in [-0.05, 0) is 32.0 Å². The van der Waals surface area contributed by atoms with E-state index in [0.717, 1.165) is 19.5 Å². The molecule has 0 spiro atoms. The van der Waals surface area contributed by atoms with Gasteiger partial charge in [0.2, 0.25) is 0 Å². The van der Waals surface area contributed by atoms with Crippen LogP contribution in [0.5, 0.6) is 11.5 Å². The number of hydrogen-bond donors (Lipinski definition) is 2. The molecule has 112 valence electrons. The Morgan fingerprint density at radius 1 is 1.35 bits per heavy atom. The standard InChI is InChI=1S/C14H20N2O3.ClH/c1-2-18-12-5-3-4-6-13(12)19-10-14(17)16-11-7-8-15-9-11;/h3-6,11,15H,2,7-10H2,1H3,(H,16,17);1H. The SMILES string of the molecule is CCOc1ccccc1OCC(=O)NC1CCNC1.Cl. The first-order chi connectivity index (χ1) is 9.29. The van der Waals surface area contributed by atoms with Gasteiger partial charge in [-0.15, -0.1) is 12.4 Å². The first-order valence-electron chi connectivity index (χ1n) is 6.64. The zero-order valence-corrected chi connectivity index (χ0v) is 12.4. The Morgan fingerprint density at radius 3 is 2.65 bits per heavy atom.